The molecule has 2 fully saturated rings. The Kier molecular flexibility index (Phi) is 4.83. The van der Waals surface area contributed by atoms with Crippen molar-refractivity contribution in [1.29, 1.82) is 0 Å². The Morgan fingerprint density at radius 3 is 2.83 bits per heavy atom. The molecule has 1 amide bonds. The van der Waals surface area contributed by atoms with Crippen LogP contribution in [0.2, 0.25) is 5.02 Å². The van der Waals surface area contributed by atoms with Crippen molar-refractivity contribution in [3.8, 4) is 5.75 Å². The van der Waals surface area contributed by atoms with Gasteiger partial charge >= 0.3 is 0 Å². The molecule has 1 aromatic rings. The Bertz CT molecular complexity index is 592. The number of hydrogen-bond donors (Lipinski definition) is 0. The molecule has 1 aliphatic carbocycles. The van der Waals surface area contributed by atoms with Crippen LogP contribution in [0.25, 0.3) is 0 Å². The van der Waals surface area contributed by atoms with Gasteiger partial charge in [0.15, 0.2) is 0 Å². The Labute approximate surface area is 142 Å². The van der Waals surface area contributed by atoms with Crippen LogP contribution in [0.4, 0.5) is 0 Å². The van der Waals surface area contributed by atoms with E-state index in [1.165, 1.54) is 6.42 Å². The zero-order valence-electron chi connectivity index (χ0n) is 13.8. The topological polar surface area (TPSA) is 38.8 Å². The van der Waals surface area contributed by atoms with Crippen molar-refractivity contribution in [2.45, 2.75) is 38.2 Å². The first kappa shape index (κ1) is 16.6. The van der Waals surface area contributed by atoms with Gasteiger partial charge in [0.1, 0.15) is 5.75 Å². The summed E-state index contributed by atoms with van der Waals surface area (Å²) in [6.07, 6.45) is 5.88. The number of benzene rings is 1. The van der Waals surface area contributed by atoms with Gasteiger partial charge in [-0.2, -0.15) is 0 Å². The summed E-state index contributed by atoms with van der Waals surface area (Å²) < 4.78 is 11.1. The Balaban J connectivity index is 1.83. The van der Waals surface area contributed by atoms with Crippen molar-refractivity contribution < 1.29 is 14.3 Å². The van der Waals surface area contributed by atoms with Gasteiger partial charge in [0.05, 0.1) is 18.8 Å². The zero-order valence-corrected chi connectivity index (χ0v) is 14.6. The van der Waals surface area contributed by atoms with Crippen molar-refractivity contribution in [2.75, 3.05) is 27.3 Å². The lowest BCUT2D eigenvalue weighted by atomic mass is 9.76. The normalized spacial score (nSPS) is 27.4. The highest BCUT2D eigenvalue weighted by Gasteiger charge is 2.46. The number of likely N-dealkylation sites (tertiary alicyclic amines) is 1. The molecule has 3 rings (SSSR count). The molecule has 4 nitrogen and oxygen atoms in total. The molecule has 2 aliphatic rings. The number of piperidine rings is 1. The SMILES string of the molecule is COc1cc(Cl)ccc1C(=O)N1CCC[C@]2(CCC[C@H]2OC)C1. The van der Waals surface area contributed by atoms with Crippen LogP contribution in [0.1, 0.15) is 42.5 Å². The maximum Gasteiger partial charge on any atom is 0.257 e. The van der Waals surface area contributed by atoms with Gasteiger partial charge in [0.25, 0.3) is 5.91 Å². The van der Waals surface area contributed by atoms with Crippen LogP contribution >= 0.6 is 11.6 Å². The number of hydrogen-bond acceptors (Lipinski definition) is 3. The molecular formula is C18H24ClNO3. The number of nitrogens with zero attached hydrogens (tertiary/aromatic N) is 1. The van der Waals surface area contributed by atoms with Crippen LogP contribution in [0, 0.1) is 5.41 Å². The summed E-state index contributed by atoms with van der Waals surface area (Å²) in [5, 5.41) is 0.573. The fourth-order valence-corrected chi connectivity index (χ4v) is 4.45. The molecule has 2 atom stereocenters. The minimum Gasteiger partial charge on any atom is -0.496 e. The summed E-state index contributed by atoms with van der Waals surface area (Å²) >= 11 is 6.00. The molecule has 1 spiro atoms. The first-order valence-electron chi connectivity index (χ1n) is 8.25. The van der Waals surface area contributed by atoms with Crippen molar-refractivity contribution in [3.63, 3.8) is 0 Å². The molecule has 0 unspecified atom stereocenters. The molecule has 1 aliphatic heterocycles. The molecule has 0 aromatic heterocycles. The van der Waals surface area contributed by atoms with Crippen molar-refractivity contribution in [1.82, 2.24) is 4.90 Å². The van der Waals surface area contributed by atoms with Crippen LogP contribution in [-0.4, -0.2) is 44.2 Å². The fraction of sp³-hybridized carbons (Fsp3) is 0.611. The molecular weight excluding hydrogens is 314 g/mol. The average molecular weight is 338 g/mol. The molecule has 5 heteroatoms. The second-order valence-electron chi connectivity index (χ2n) is 6.65. The second kappa shape index (κ2) is 6.70. The highest BCUT2D eigenvalue weighted by atomic mass is 35.5. The molecule has 1 saturated carbocycles. The van der Waals surface area contributed by atoms with E-state index in [1.807, 2.05) is 4.90 Å². The molecule has 23 heavy (non-hydrogen) atoms. The lowest BCUT2D eigenvalue weighted by Gasteiger charge is -2.43. The van der Waals surface area contributed by atoms with E-state index in [9.17, 15) is 4.79 Å². The smallest absolute Gasteiger partial charge is 0.257 e. The van der Waals surface area contributed by atoms with Crippen LogP contribution in [0.15, 0.2) is 18.2 Å². The van der Waals surface area contributed by atoms with Gasteiger partial charge in [-0.25, -0.2) is 0 Å². The number of halogens is 1. The maximum atomic E-state index is 13.0. The summed E-state index contributed by atoms with van der Waals surface area (Å²) in [6.45, 7) is 1.57. The van der Waals surface area contributed by atoms with Gasteiger partial charge in [-0.05, 0) is 43.9 Å². The Hall–Kier alpha value is -1.26. The van der Waals surface area contributed by atoms with Crippen molar-refractivity contribution in [3.05, 3.63) is 28.8 Å². The highest BCUT2D eigenvalue weighted by molar-refractivity contribution is 6.30. The van der Waals surface area contributed by atoms with Crippen LogP contribution < -0.4 is 4.74 Å². The van der Waals surface area contributed by atoms with E-state index in [-0.39, 0.29) is 17.4 Å². The second-order valence-corrected chi connectivity index (χ2v) is 7.09. The number of amides is 1. The number of carbonyl (C=O) groups excluding carboxylic acids is 1. The maximum absolute atomic E-state index is 13.0. The molecule has 1 saturated heterocycles. The van der Waals surface area contributed by atoms with Crippen LogP contribution in [0.5, 0.6) is 5.75 Å². The van der Waals surface area contributed by atoms with E-state index in [4.69, 9.17) is 21.1 Å². The summed E-state index contributed by atoms with van der Waals surface area (Å²) in [5.74, 6) is 0.566. The number of rotatable bonds is 3. The monoisotopic (exact) mass is 337 g/mol. The van der Waals surface area contributed by atoms with E-state index in [2.05, 4.69) is 0 Å². The summed E-state index contributed by atoms with van der Waals surface area (Å²) in [4.78, 5) is 15.0. The molecule has 1 aromatic carbocycles. The predicted molar refractivity (Wildman–Crippen MR) is 90.2 cm³/mol. The molecule has 0 bridgehead atoms. The lowest BCUT2D eigenvalue weighted by Crippen LogP contribution is -2.49. The Morgan fingerprint density at radius 1 is 1.30 bits per heavy atom. The van der Waals surface area contributed by atoms with E-state index in [1.54, 1.807) is 32.4 Å². The number of methoxy groups -OCH3 is 2. The quantitative estimate of drug-likeness (QED) is 0.842. The van der Waals surface area contributed by atoms with E-state index in [0.717, 1.165) is 38.8 Å². The molecule has 0 radical (unpaired) electrons. The lowest BCUT2D eigenvalue weighted by molar-refractivity contribution is -0.0295. The van der Waals surface area contributed by atoms with E-state index >= 15 is 0 Å². The Morgan fingerprint density at radius 2 is 2.09 bits per heavy atom. The third-order valence-corrected chi connectivity index (χ3v) is 5.63. The first-order valence-corrected chi connectivity index (χ1v) is 8.63. The third-order valence-electron chi connectivity index (χ3n) is 5.40. The highest BCUT2D eigenvalue weighted by Crippen LogP contribution is 2.46. The number of carbonyl (C=O) groups is 1. The molecule has 126 valence electrons. The van der Waals surface area contributed by atoms with Gasteiger partial charge in [0.2, 0.25) is 0 Å². The van der Waals surface area contributed by atoms with E-state index < -0.39 is 0 Å². The average Bonchev–Trinajstić information content (AvgIpc) is 2.95. The molecule has 1 heterocycles. The summed E-state index contributed by atoms with van der Waals surface area (Å²) in [5.41, 5.74) is 0.711. The minimum absolute atomic E-state index is 0.0272. The summed E-state index contributed by atoms with van der Waals surface area (Å²) in [7, 11) is 3.36. The molecule has 0 N–H and O–H groups in total. The van der Waals surface area contributed by atoms with Gasteiger partial charge in [-0.1, -0.05) is 18.0 Å². The van der Waals surface area contributed by atoms with Gasteiger partial charge in [-0.3, -0.25) is 4.79 Å². The largest absolute Gasteiger partial charge is 0.496 e. The van der Waals surface area contributed by atoms with E-state index in [0.29, 0.717) is 16.3 Å². The van der Waals surface area contributed by atoms with Gasteiger partial charge < -0.3 is 14.4 Å². The van der Waals surface area contributed by atoms with Crippen molar-refractivity contribution in [2.24, 2.45) is 5.41 Å². The minimum atomic E-state index is 0.0272. The van der Waals surface area contributed by atoms with Crippen molar-refractivity contribution >= 4 is 17.5 Å². The van der Waals surface area contributed by atoms with Gasteiger partial charge in [0, 0.05) is 30.6 Å². The zero-order chi connectivity index (χ0) is 16.4. The van der Waals surface area contributed by atoms with Crippen LogP contribution in [0.3, 0.4) is 0 Å². The van der Waals surface area contributed by atoms with Gasteiger partial charge in [-0.15, -0.1) is 0 Å². The predicted octanol–water partition coefficient (Wildman–Crippen LogP) is 3.77. The summed E-state index contributed by atoms with van der Waals surface area (Å²) in [6, 6.07) is 5.19. The number of ether oxygens (including phenoxy) is 2. The van der Waals surface area contributed by atoms with Crippen LogP contribution in [-0.2, 0) is 4.74 Å². The third kappa shape index (κ3) is 3.07. The standard InChI is InChI=1S/C18H24ClNO3/c1-22-15-11-13(19)6-7-14(15)17(21)20-10-4-9-18(12-20)8-3-5-16(18)23-2/h6-7,11,16H,3-5,8-10,12H2,1-2H3/t16-,18-/m1/s1. The first-order chi connectivity index (χ1) is 11.1. The fourth-order valence-electron chi connectivity index (χ4n) is 4.29.